The van der Waals surface area contributed by atoms with Crippen LogP contribution in [0.4, 0.5) is 5.13 Å². The molecule has 1 amide bonds. The molecular formula is C14H18N6O3S. The topological polar surface area (TPSA) is 104 Å². The molecule has 0 radical (unpaired) electrons. The molecule has 1 saturated heterocycles. The molecule has 0 bridgehead atoms. The van der Waals surface area contributed by atoms with Gasteiger partial charge in [0.1, 0.15) is 5.01 Å². The first kappa shape index (κ1) is 16.4. The Hall–Kier alpha value is -2.49. The van der Waals surface area contributed by atoms with Gasteiger partial charge in [0.05, 0.1) is 0 Å². The zero-order chi connectivity index (χ0) is 17.1. The van der Waals surface area contributed by atoms with E-state index in [-0.39, 0.29) is 18.9 Å². The minimum atomic E-state index is -0.494. The highest BCUT2D eigenvalue weighted by atomic mass is 32.1. The normalized spacial score (nSPS) is 14.9. The molecule has 0 aliphatic carbocycles. The number of hydrogen-bond donors (Lipinski definition) is 1. The lowest BCUT2D eigenvalue weighted by Gasteiger charge is -2.34. The summed E-state index contributed by atoms with van der Waals surface area (Å²) in [6.07, 6.45) is 1.63. The smallest absolute Gasteiger partial charge is 0.328 e. The van der Waals surface area contributed by atoms with E-state index in [1.165, 1.54) is 16.8 Å². The molecule has 1 aliphatic heterocycles. The van der Waals surface area contributed by atoms with Gasteiger partial charge < -0.3 is 14.4 Å². The quantitative estimate of drug-likeness (QED) is 0.792. The molecule has 10 heteroatoms. The fourth-order valence-electron chi connectivity index (χ4n) is 2.56. The zero-order valence-corrected chi connectivity index (χ0v) is 14.1. The summed E-state index contributed by atoms with van der Waals surface area (Å²) in [4.78, 5) is 41.0. The van der Waals surface area contributed by atoms with Gasteiger partial charge in [-0.05, 0) is 6.92 Å². The summed E-state index contributed by atoms with van der Waals surface area (Å²) >= 11 is 1.55. The van der Waals surface area contributed by atoms with Crippen LogP contribution < -0.4 is 16.1 Å². The summed E-state index contributed by atoms with van der Waals surface area (Å²) < 4.78 is 1.33. The van der Waals surface area contributed by atoms with Crippen molar-refractivity contribution in [1.82, 2.24) is 24.6 Å². The van der Waals surface area contributed by atoms with E-state index in [2.05, 4.69) is 20.1 Å². The number of carbonyl (C=O) groups excluding carboxylic acids is 1. The van der Waals surface area contributed by atoms with Crippen molar-refractivity contribution in [2.24, 2.45) is 0 Å². The Kier molecular flexibility index (Phi) is 4.74. The van der Waals surface area contributed by atoms with Crippen LogP contribution in [0.15, 0.2) is 21.9 Å². The second kappa shape index (κ2) is 6.95. The van der Waals surface area contributed by atoms with E-state index < -0.39 is 11.2 Å². The molecule has 9 nitrogen and oxygen atoms in total. The maximum atomic E-state index is 12.3. The molecule has 0 spiro atoms. The van der Waals surface area contributed by atoms with Crippen molar-refractivity contribution < 1.29 is 4.79 Å². The number of H-pyrrole nitrogens is 1. The predicted octanol–water partition coefficient (Wildman–Crippen LogP) is -0.565. The number of nitrogens with one attached hydrogen (secondary N) is 1. The average Bonchev–Trinajstić information content (AvgIpc) is 3.00. The fraction of sp³-hybridized carbons (Fsp3) is 0.500. The Morgan fingerprint density at radius 1 is 1.25 bits per heavy atom. The molecule has 1 aliphatic rings. The summed E-state index contributed by atoms with van der Waals surface area (Å²) in [6, 6.07) is 1.27. The van der Waals surface area contributed by atoms with Crippen LogP contribution in [0.25, 0.3) is 0 Å². The van der Waals surface area contributed by atoms with Crippen molar-refractivity contribution in [3.63, 3.8) is 0 Å². The molecule has 24 heavy (non-hydrogen) atoms. The number of aryl methyl sites for hydroxylation is 2. The van der Waals surface area contributed by atoms with Gasteiger partial charge in [0.25, 0.3) is 5.56 Å². The third-order valence-electron chi connectivity index (χ3n) is 3.88. The lowest BCUT2D eigenvalue weighted by Crippen LogP contribution is -2.49. The molecule has 2 aromatic rings. The molecule has 1 N–H and O–H groups in total. The second-order valence-corrected chi connectivity index (χ2v) is 6.69. The Labute approximate surface area is 141 Å². The summed E-state index contributed by atoms with van der Waals surface area (Å²) in [7, 11) is 0. The SMILES string of the molecule is Cc1nnc(N2CCN(C(=O)CCn3ccc(=O)[nH]c3=O)CC2)s1. The summed E-state index contributed by atoms with van der Waals surface area (Å²) in [6.45, 7) is 4.86. The largest absolute Gasteiger partial charge is 0.343 e. The number of piperazine rings is 1. The summed E-state index contributed by atoms with van der Waals surface area (Å²) in [5, 5.41) is 9.95. The average molecular weight is 350 g/mol. The summed E-state index contributed by atoms with van der Waals surface area (Å²) in [5.41, 5.74) is -0.933. The molecule has 2 aromatic heterocycles. The Morgan fingerprint density at radius 3 is 2.62 bits per heavy atom. The first-order chi connectivity index (χ1) is 11.5. The van der Waals surface area contributed by atoms with Crippen molar-refractivity contribution in [2.75, 3.05) is 31.1 Å². The number of aromatic amines is 1. The van der Waals surface area contributed by atoms with Crippen molar-refractivity contribution in [3.05, 3.63) is 38.1 Å². The lowest BCUT2D eigenvalue weighted by atomic mass is 10.3. The van der Waals surface area contributed by atoms with Crippen molar-refractivity contribution >= 4 is 22.4 Å². The minimum Gasteiger partial charge on any atom is -0.343 e. The van der Waals surface area contributed by atoms with Crippen LogP contribution in [-0.4, -0.2) is 56.7 Å². The highest BCUT2D eigenvalue weighted by molar-refractivity contribution is 7.15. The van der Waals surface area contributed by atoms with E-state index in [9.17, 15) is 14.4 Å². The van der Waals surface area contributed by atoms with E-state index in [0.29, 0.717) is 13.1 Å². The predicted molar refractivity (Wildman–Crippen MR) is 89.4 cm³/mol. The maximum Gasteiger partial charge on any atom is 0.328 e. The van der Waals surface area contributed by atoms with Crippen LogP contribution in [-0.2, 0) is 11.3 Å². The third-order valence-corrected chi connectivity index (χ3v) is 4.78. The number of hydrogen-bond acceptors (Lipinski definition) is 7. The van der Waals surface area contributed by atoms with E-state index >= 15 is 0 Å². The first-order valence-corrected chi connectivity index (χ1v) is 8.47. The van der Waals surface area contributed by atoms with Gasteiger partial charge in [-0.3, -0.25) is 14.6 Å². The van der Waals surface area contributed by atoms with Crippen LogP contribution in [0.2, 0.25) is 0 Å². The minimum absolute atomic E-state index is 0.00111. The monoisotopic (exact) mass is 350 g/mol. The van der Waals surface area contributed by atoms with Crippen molar-refractivity contribution in [1.29, 1.82) is 0 Å². The fourth-order valence-corrected chi connectivity index (χ4v) is 3.29. The zero-order valence-electron chi connectivity index (χ0n) is 13.3. The number of rotatable bonds is 4. The highest BCUT2D eigenvalue weighted by Crippen LogP contribution is 2.20. The van der Waals surface area contributed by atoms with E-state index in [1.54, 1.807) is 16.2 Å². The van der Waals surface area contributed by atoms with E-state index in [4.69, 9.17) is 0 Å². The Bertz CT molecular complexity index is 833. The van der Waals surface area contributed by atoms with Crippen LogP contribution in [0.1, 0.15) is 11.4 Å². The maximum absolute atomic E-state index is 12.3. The van der Waals surface area contributed by atoms with Crippen LogP contribution in [0.3, 0.4) is 0 Å². The Morgan fingerprint density at radius 2 is 2.00 bits per heavy atom. The van der Waals surface area contributed by atoms with Crippen molar-refractivity contribution in [3.8, 4) is 0 Å². The number of anilines is 1. The lowest BCUT2D eigenvalue weighted by molar-refractivity contribution is -0.131. The van der Waals surface area contributed by atoms with Gasteiger partial charge >= 0.3 is 5.69 Å². The molecule has 1 fully saturated rings. The van der Waals surface area contributed by atoms with Crippen LogP contribution in [0.5, 0.6) is 0 Å². The molecule has 0 atom stereocenters. The van der Waals surface area contributed by atoms with Gasteiger partial charge in [-0.1, -0.05) is 11.3 Å². The van der Waals surface area contributed by atoms with Gasteiger partial charge in [0.15, 0.2) is 0 Å². The molecular weight excluding hydrogens is 332 g/mol. The highest BCUT2D eigenvalue weighted by Gasteiger charge is 2.22. The Balaban J connectivity index is 1.52. The second-order valence-electron chi connectivity index (χ2n) is 5.53. The van der Waals surface area contributed by atoms with Crippen LogP contribution >= 0.6 is 11.3 Å². The van der Waals surface area contributed by atoms with E-state index in [1.807, 2.05) is 6.92 Å². The molecule has 0 unspecified atom stereocenters. The van der Waals surface area contributed by atoms with E-state index in [0.717, 1.165) is 23.2 Å². The van der Waals surface area contributed by atoms with Gasteiger partial charge in [-0.25, -0.2) is 4.79 Å². The standard InChI is InChI=1S/C14H18N6O3S/c1-10-16-17-14(24-10)20-8-6-18(7-9-20)12(22)3-5-19-4-2-11(21)15-13(19)23/h2,4H,3,5-9H2,1H3,(H,15,21,23). The molecule has 3 rings (SSSR count). The van der Waals surface area contributed by atoms with Gasteiger partial charge in [0, 0.05) is 51.4 Å². The van der Waals surface area contributed by atoms with Gasteiger partial charge in [0.2, 0.25) is 11.0 Å². The van der Waals surface area contributed by atoms with Gasteiger partial charge in [-0.15, -0.1) is 10.2 Å². The number of amides is 1. The first-order valence-electron chi connectivity index (χ1n) is 7.65. The molecule has 128 valence electrons. The third kappa shape index (κ3) is 3.70. The number of aromatic nitrogens is 4. The van der Waals surface area contributed by atoms with Crippen LogP contribution in [0, 0.1) is 6.92 Å². The molecule has 0 aromatic carbocycles. The molecule has 3 heterocycles. The molecule has 0 saturated carbocycles. The van der Waals surface area contributed by atoms with Crippen molar-refractivity contribution in [2.45, 2.75) is 19.9 Å². The summed E-state index contributed by atoms with van der Waals surface area (Å²) in [5.74, 6) is 0.00111. The number of nitrogens with zero attached hydrogens (tertiary/aromatic N) is 5. The van der Waals surface area contributed by atoms with Gasteiger partial charge in [-0.2, -0.15) is 0 Å². The number of carbonyl (C=O) groups is 1.